The molecular weight excluding hydrogens is 977 g/mol. The number of furan rings is 2. The molecule has 0 N–H and O–H groups in total. The number of hydrogen-bond donors (Lipinski definition) is 0. The lowest BCUT2D eigenvalue weighted by Gasteiger charge is -2.43. The molecule has 6 heterocycles. The molecule has 80 heavy (non-hydrogen) atoms. The zero-order chi connectivity index (χ0) is 52.0. The zero-order valence-electron chi connectivity index (χ0n) is 43.1. The van der Waals surface area contributed by atoms with Crippen molar-refractivity contribution < 1.29 is 8.83 Å². The molecule has 4 bridgehead atoms. The van der Waals surface area contributed by atoms with Crippen LogP contribution in [-0.4, -0.2) is 8.80 Å². The van der Waals surface area contributed by atoms with Crippen molar-refractivity contribution in [3.8, 4) is 6.07 Å². The molecule has 6 nitrogen and oxygen atoms in total. The molecule has 0 unspecified atom stereocenters. The monoisotopic (exact) mass is 1010 g/mol. The van der Waals surface area contributed by atoms with E-state index in [1.54, 1.807) is 0 Å². The second kappa shape index (κ2) is 13.3. The van der Waals surface area contributed by atoms with E-state index in [0.717, 1.165) is 110 Å². The molecule has 0 atom stereocenters. The Morgan fingerprint density at radius 2 is 0.775 bits per heavy atom. The highest BCUT2D eigenvalue weighted by molar-refractivity contribution is 6.40. The molecule has 0 spiro atoms. The summed E-state index contributed by atoms with van der Waals surface area (Å²) in [6.45, 7) is 13.7. The average Bonchev–Trinajstić information content (AvgIpc) is 4.47. The maximum atomic E-state index is 11.6. The number of nitriles is 1. The first-order chi connectivity index (χ1) is 39.5. The summed E-state index contributed by atoms with van der Waals surface area (Å²) in [5.41, 5.74) is 29.0. The van der Waals surface area contributed by atoms with Crippen LogP contribution in [-0.2, 0) is 0 Å². The predicted octanol–water partition coefficient (Wildman–Crippen LogP) is 18.8. The highest BCUT2D eigenvalue weighted by atomic mass is 16.3. The van der Waals surface area contributed by atoms with Gasteiger partial charge in [-0.1, -0.05) is 133 Å². The number of aryl methyl sites for hydroxylation is 2. The van der Waals surface area contributed by atoms with E-state index in [1.165, 1.54) is 93.5 Å². The first kappa shape index (κ1) is 40.8. The zero-order valence-corrected chi connectivity index (χ0v) is 43.1. The molecule has 23 rings (SSSR count). The summed E-state index contributed by atoms with van der Waals surface area (Å²) in [7, 11) is 0. The van der Waals surface area contributed by atoms with Crippen LogP contribution in [0.5, 0.6) is 0 Å². The Morgan fingerprint density at radius 3 is 1.21 bits per heavy atom. The Balaban J connectivity index is 1.00. The molecule has 0 amide bonds. The van der Waals surface area contributed by atoms with Crippen molar-refractivity contribution >= 4 is 126 Å². The molecule has 17 aromatic rings. The molecule has 6 aliphatic rings. The fourth-order valence-corrected chi connectivity index (χ4v) is 17.7. The Kier molecular flexibility index (Phi) is 6.78. The summed E-state index contributed by atoms with van der Waals surface area (Å²) < 4.78 is 19.1. The van der Waals surface area contributed by atoms with Gasteiger partial charge in [0.25, 0.3) is 0 Å². The Hall–Kier alpha value is -10.4. The fourth-order valence-electron chi connectivity index (χ4n) is 17.7. The van der Waals surface area contributed by atoms with Crippen molar-refractivity contribution in [3.05, 3.63) is 265 Å². The second-order valence-corrected chi connectivity index (χ2v) is 23.3. The van der Waals surface area contributed by atoms with E-state index in [1.807, 2.05) is 0 Å². The van der Waals surface area contributed by atoms with Gasteiger partial charge in [0.05, 0.1) is 45.8 Å². The fraction of sp³-hybridized carbons (Fsp3) is 0.0811. The minimum Gasteiger partial charge on any atom is -0.456 e. The quantitative estimate of drug-likeness (QED) is 0.142. The van der Waals surface area contributed by atoms with E-state index in [4.69, 9.17) is 15.4 Å². The van der Waals surface area contributed by atoms with Gasteiger partial charge in [-0.25, -0.2) is 4.85 Å². The third-order valence-corrected chi connectivity index (χ3v) is 20.2. The van der Waals surface area contributed by atoms with Crippen LogP contribution in [0.2, 0.25) is 0 Å². The molecule has 0 saturated carbocycles. The summed E-state index contributed by atoms with van der Waals surface area (Å²) in [6, 6.07) is 64.7. The third kappa shape index (κ3) is 4.19. The van der Waals surface area contributed by atoms with Gasteiger partial charge < -0.3 is 17.6 Å². The van der Waals surface area contributed by atoms with E-state index >= 15 is 0 Å². The van der Waals surface area contributed by atoms with Gasteiger partial charge in [0.15, 0.2) is 5.69 Å². The van der Waals surface area contributed by atoms with Crippen molar-refractivity contribution in [2.75, 3.05) is 0 Å². The van der Waals surface area contributed by atoms with Crippen molar-refractivity contribution in [1.29, 1.82) is 5.26 Å². The lowest BCUT2D eigenvalue weighted by molar-refractivity contribution is 0.669. The molecule has 11 aromatic carbocycles. The van der Waals surface area contributed by atoms with E-state index in [9.17, 15) is 5.26 Å². The van der Waals surface area contributed by atoms with Gasteiger partial charge >= 0.3 is 0 Å². The SMILES string of the molecule is [C-]#[N+]c1cc2c(c3c1C1c4ccccc4C3c3ccccc31)c1c3c(cc4c5c(C)c6c7cc8oc9ccccc9c8c8c9c%10c(c(C#N)cc9n(c6c(C)c5n2c41)c78)C1c2ccccc2C%10c2ccccc21)oc1ccccc13. The van der Waals surface area contributed by atoms with Crippen molar-refractivity contribution in [2.45, 2.75) is 37.5 Å². The van der Waals surface area contributed by atoms with Crippen LogP contribution in [0.4, 0.5) is 5.69 Å². The number of para-hydroxylation sites is 2. The standard InChI is InChI=1S/C74H38N4O2/c1-33-55-46-29-53-62(44-24-12-14-26-51(44)79-53)69-65-49(28-35(32-75)57-58-36-16-4-8-20-40(36)60(67(57)65)41-21-9-5-17-37(41)58)77(73(46)69)71(55)34(2)72-56(33)47-30-54-63(45-25-13-15-27-52(45)80-54)70-66-50(78(72)74(47)70)31-48(76-3)64-59-38-18-6-10-22-42(38)61(68(64)66)43-23-11-7-19-39(43)59/h4-31,58-61H,1-2H3. The first-order valence-corrected chi connectivity index (χ1v) is 27.8. The molecule has 0 saturated heterocycles. The highest BCUT2D eigenvalue weighted by Gasteiger charge is 2.47. The van der Waals surface area contributed by atoms with E-state index < -0.39 is 0 Å². The number of hydrogen-bond acceptors (Lipinski definition) is 3. The third-order valence-electron chi connectivity index (χ3n) is 20.2. The Labute approximate surface area is 454 Å². The largest absolute Gasteiger partial charge is 0.456 e. The molecule has 366 valence electrons. The molecule has 6 heteroatoms. The van der Waals surface area contributed by atoms with Crippen LogP contribution >= 0.6 is 0 Å². The summed E-state index contributed by atoms with van der Waals surface area (Å²) in [5.74, 6) is -0.290. The van der Waals surface area contributed by atoms with Crippen LogP contribution in [0, 0.1) is 31.8 Å². The number of aromatic nitrogens is 2. The minimum absolute atomic E-state index is 0.0675. The topological polar surface area (TPSA) is 63.2 Å². The Bertz CT molecular complexity index is 5540. The maximum absolute atomic E-state index is 11.6. The van der Waals surface area contributed by atoms with Gasteiger partial charge in [-0.15, -0.1) is 0 Å². The average molecular weight is 1020 g/mol. The molecule has 0 radical (unpaired) electrons. The lowest BCUT2D eigenvalue weighted by Crippen LogP contribution is -2.28. The Morgan fingerprint density at radius 1 is 0.388 bits per heavy atom. The predicted molar refractivity (Wildman–Crippen MR) is 320 cm³/mol. The molecule has 0 aliphatic heterocycles. The van der Waals surface area contributed by atoms with Gasteiger partial charge in [-0.2, -0.15) is 5.26 Å². The number of benzene rings is 11. The van der Waals surface area contributed by atoms with Crippen LogP contribution in [0.25, 0.3) is 125 Å². The van der Waals surface area contributed by atoms with Crippen LogP contribution in [0.15, 0.2) is 179 Å². The molecular formula is C74H38N4O2. The summed E-state index contributed by atoms with van der Waals surface area (Å²) in [5, 5.41) is 25.4. The maximum Gasteiger partial charge on any atom is 0.193 e. The number of nitrogens with zero attached hydrogens (tertiary/aromatic N) is 4. The molecule has 6 aliphatic carbocycles. The van der Waals surface area contributed by atoms with Gasteiger partial charge in [0.2, 0.25) is 0 Å². The van der Waals surface area contributed by atoms with Crippen molar-refractivity contribution in [1.82, 2.24) is 8.80 Å². The van der Waals surface area contributed by atoms with Gasteiger partial charge in [0, 0.05) is 93.8 Å². The van der Waals surface area contributed by atoms with Gasteiger partial charge in [0.1, 0.15) is 22.3 Å². The number of rotatable bonds is 0. The van der Waals surface area contributed by atoms with Crippen molar-refractivity contribution in [2.24, 2.45) is 0 Å². The lowest BCUT2D eigenvalue weighted by atomic mass is 9.59. The van der Waals surface area contributed by atoms with E-state index in [-0.39, 0.29) is 23.7 Å². The molecule has 6 aromatic heterocycles. The van der Waals surface area contributed by atoms with E-state index in [0.29, 0.717) is 5.69 Å². The minimum atomic E-state index is -0.0779. The van der Waals surface area contributed by atoms with Crippen LogP contribution in [0.3, 0.4) is 0 Å². The van der Waals surface area contributed by atoms with Crippen molar-refractivity contribution in [3.63, 3.8) is 0 Å². The smallest absolute Gasteiger partial charge is 0.193 e. The van der Waals surface area contributed by atoms with Gasteiger partial charge in [-0.05, 0) is 128 Å². The normalized spacial score (nSPS) is 17.6. The summed E-state index contributed by atoms with van der Waals surface area (Å²) >= 11 is 0. The second-order valence-electron chi connectivity index (χ2n) is 23.3. The highest BCUT2D eigenvalue weighted by Crippen LogP contribution is 2.64. The molecule has 0 fully saturated rings. The first-order valence-electron chi connectivity index (χ1n) is 27.8. The van der Waals surface area contributed by atoms with Gasteiger partial charge in [-0.3, -0.25) is 0 Å². The van der Waals surface area contributed by atoms with Crippen LogP contribution in [0.1, 0.15) is 107 Å². The summed E-state index contributed by atoms with van der Waals surface area (Å²) in [6.07, 6.45) is 0. The van der Waals surface area contributed by atoms with E-state index in [2.05, 4.69) is 203 Å². The summed E-state index contributed by atoms with van der Waals surface area (Å²) in [4.78, 5) is 4.52. The van der Waals surface area contributed by atoms with Crippen LogP contribution < -0.4 is 0 Å². The number of fused-ring (bicyclic) bond motifs is 20.